The molecule has 8 nitrogen and oxygen atoms in total. The standard InChI is InChI=1S/C11H12N6O2/c1-19-9-4-2-7(6-8(9)12)3-5-10(18)13-11-14-16-17-15-11/h2-6H,12H2,1H3,(H2,13,14,15,16,17,18)/b5-3-. The molecule has 0 radical (unpaired) electrons. The molecule has 1 amide bonds. The Balaban J connectivity index is 2.02. The highest BCUT2D eigenvalue weighted by Crippen LogP contribution is 2.22. The first-order chi connectivity index (χ1) is 9.19. The number of tetrazole rings is 1. The van der Waals surface area contributed by atoms with Crippen LogP contribution in [-0.2, 0) is 4.79 Å². The van der Waals surface area contributed by atoms with Crippen molar-refractivity contribution in [3.63, 3.8) is 0 Å². The van der Waals surface area contributed by atoms with Crippen LogP contribution >= 0.6 is 0 Å². The van der Waals surface area contributed by atoms with Crippen LogP contribution < -0.4 is 15.8 Å². The van der Waals surface area contributed by atoms with Crippen LogP contribution in [0.5, 0.6) is 5.75 Å². The van der Waals surface area contributed by atoms with Crippen LogP contribution in [0.1, 0.15) is 5.56 Å². The van der Waals surface area contributed by atoms with E-state index in [4.69, 9.17) is 10.5 Å². The monoisotopic (exact) mass is 260 g/mol. The molecule has 0 bridgehead atoms. The van der Waals surface area contributed by atoms with Crippen molar-refractivity contribution in [2.75, 3.05) is 18.2 Å². The number of rotatable bonds is 4. The Morgan fingerprint density at radius 2 is 2.37 bits per heavy atom. The van der Waals surface area contributed by atoms with Gasteiger partial charge in [0.05, 0.1) is 12.8 Å². The average molecular weight is 260 g/mol. The number of nitrogens with one attached hydrogen (secondary N) is 2. The van der Waals surface area contributed by atoms with E-state index in [-0.39, 0.29) is 11.9 Å². The van der Waals surface area contributed by atoms with Gasteiger partial charge >= 0.3 is 0 Å². The van der Waals surface area contributed by atoms with Crippen molar-refractivity contribution in [1.82, 2.24) is 20.6 Å². The van der Waals surface area contributed by atoms with E-state index in [1.165, 1.54) is 6.08 Å². The molecule has 2 rings (SSSR count). The van der Waals surface area contributed by atoms with Crippen molar-refractivity contribution in [2.24, 2.45) is 0 Å². The lowest BCUT2D eigenvalue weighted by molar-refractivity contribution is -0.111. The molecule has 1 aromatic heterocycles. The number of H-pyrrole nitrogens is 1. The lowest BCUT2D eigenvalue weighted by Gasteiger charge is -2.04. The minimum Gasteiger partial charge on any atom is -0.495 e. The molecule has 4 N–H and O–H groups in total. The Kier molecular flexibility index (Phi) is 3.72. The van der Waals surface area contributed by atoms with Crippen molar-refractivity contribution >= 4 is 23.6 Å². The number of hydrogen-bond acceptors (Lipinski definition) is 6. The van der Waals surface area contributed by atoms with Crippen molar-refractivity contribution < 1.29 is 9.53 Å². The van der Waals surface area contributed by atoms with Gasteiger partial charge in [0.15, 0.2) is 0 Å². The molecule has 0 aliphatic carbocycles. The molecule has 0 aliphatic rings. The first-order valence-electron chi connectivity index (χ1n) is 5.35. The summed E-state index contributed by atoms with van der Waals surface area (Å²) in [6, 6.07) is 5.22. The molecule has 0 saturated heterocycles. The van der Waals surface area contributed by atoms with Crippen LogP contribution in [0.15, 0.2) is 24.3 Å². The van der Waals surface area contributed by atoms with Gasteiger partial charge in [-0.05, 0) is 29.0 Å². The summed E-state index contributed by atoms with van der Waals surface area (Å²) in [5.41, 5.74) is 7.04. The zero-order valence-electron chi connectivity index (χ0n) is 10.1. The Bertz CT molecular complexity index is 593. The number of nitrogens with zero attached hydrogens (tertiary/aromatic N) is 3. The van der Waals surface area contributed by atoms with Gasteiger partial charge in [-0.1, -0.05) is 11.2 Å². The molecule has 0 saturated carbocycles. The maximum absolute atomic E-state index is 11.5. The number of aromatic nitrogens is 4. The first-order valence-corrected chi connectivity index (χ1v) is 5.35. The Morgan fingerprint density at radius 1 is 1.53 bits per heavy atom. The van der Waals surface area contributed by atoms with E-state index in [0.717, 1.165) is 5.56 Å². The largest absolute Gasteiger partial charge is 0.495 e. The van der Waals surface area contributed by atoms with E-state index in [0.29, 0.717) is 11.4 Å². The molecule has 8 heteroatoms. The molecule has 0 aliphatic heterocycles. The van der Waals surface area contributed by atoms with E-state index >= 15 is 0 Å². The quantitative estimate of drug-likeness (QED) is 0.542. The van der Waals surface area contributed by atoms with Crippen LogP contribution in [0.3, 0.4) is 0 Å². The number of anilines is 2. The van der Waals surface area contributed by atoms with Gasteiger partial charge < -0.3 is 10.5 Å². The highest BCUT2D eigenvalue weighted by molar-refractivity contribution is 6.00. The highest BCUT2D eigenvalue weighted by Gasteiger charge is 2.02. The van der Waals surface area contributed by atoms with Gasteiger partial charge in [0.25, 0.3) is 11.9 Å². The van der Waals surface area contributed by atoms with E-state index in [2.05, 4.69) is 25.9 Å². The fourth-order valence-corrected chi connectivity index (χ4v) is 1.40. The zero-order valence-corrected chi connectivity index (χ0v) is 10.1. The second-order valence-electron chi connectivity index (χ2n) is 3.56. The van der Waals surface area contributed by atoms with Crippen LogP contribution in [0.2, 0.25) is 0 Å². The molecular weight excluding hydrogens is 248 g/mol. The van der Waals surface area contributed by atoms with Gasteiger partial charge in [0, 0.05) is 6.08 Å². The predicted molar refractivity (Wildman–Crippen MR) is 69.2 cm³/mol. The van der Waals surface area contributed by atoms with Crippen LogP contribution in [0, 0.1) is 0 Å². The summed E-state index contributed by atoms with van der Waals surface area (Å²) in [6.45, 7) is 0. The Labute approximate surface area is 108 Å². The number of ether oxygens (including phenoxy) is 1. The van der Waals surface area contributed by atoms with Gasteiger partial charge in [-0.15, -0.1) is 5.10 Å². The molecule has 2 aromatic rings. The topological polar surface area (TPSA) is 119 Å². The average Bonchev–Trinajstić information content (AvgIpc) is 2.89. The first kappa shape index (κ1) is 12.6. The summed E-state index contributed by atoms with van der Waals surface area (Å²) in [5, 5.41) is 15.2. The maximum atomic E-state index is 11.5. The summed E-state index contributed by atoms with van der Waals surface area (Å²) >= 11 is 0. The zero-order chi connectivity index (χ0) is 13.7. The normalized spacial score (nSPS) is 10.6. The number of carbonyl (C=O) groups is 1. The lowest BCUT2D eigenvalue weighted by atomic mass is 10.1. The van der Waals surface area contributed by atoms with Gasteiger partial charge in [0.2, 0.25) is 0 Å². The number of hydrogen-bond donors (Lipinski definition) is 3. The lowest BCUT2D eigenvalue weighted by Crippen LogP contribution is -2.09. The molecule has 0 atom stereocenters. The molecule has 0 spiro atoms. The molecule has 0 unspecified atom stereocenters. The number of methoxy groups -OCH3 is 1. The highest BCUT2D eigenvalue weighted by atomic mass is 16.5. The van der Waals surface area contributed by atoms with Crippen LogP contribution in [0.4, 0.5) is 11.6 Å². The molecule has 98 valence electrons. The second-order valence-corrected chi connectivity index (χ2v) is 3.56. The van der Waals surface area contributed by atoms with Gasteiger partial charge in [-0.2, -0.15) is 5.21 Å². The Hall–Kier alpha value is -2.90. The minimum absolute atomic E-state index is 0.115. The van der Waals surface area contributed by atoms with Gasteiger partial charge in [-0.3, -0.25) is 10.1 Å². The maximum Gasteiger partial charge on any atom is 0.270 e. The number of amides is 1. The van der Waals surface area contributed by atoms with E-state index in [1.807, 2.05) is 0 Å². The fourth-order valence-electron chi connectivity index (χ4n) is 1.40. The van der Waals surface area contributed by atoms with Crippen LogP contribution in [0.25, 0.3) is 6.08 Å². The predicted octanol–water partition coefficient (Wildman–Crippen LogP) is 0.442. The summed E-state index contributed by atoms with van der Waals surface area (Å²) in [4.78, 5) is 11.5. The minimum atomic E-state index is -0.365. The SMILES string of the molecule is COc1ccc(/C=C\C(=O)Nc2nn[nH]n2)cc1N. The third kappa shape index (κ3) is 3.28. The van der Waals surface area contributed by atoms with Crippen molar-refractivity contribution in [1.29, 1.82) is 0 Å². The summed E-state index contributed by atoms with van der Waals surface area (Å²) in [7, 11) is 1.54. The molecule has 1 aromatic carbocycles. The fraction of sp³-hybridized carbons (Fsp3) is 0.0909. The third-order valence-corrected chi connectivity index (χ3v) is 2.26. The number of benzene rings is 1. The van der Waals surface area contributed by atoms with E-state index in [1.54, 1.807) is 31.4 Å². The smallest absolute Gasteiger partial charge is 0.270 e. The Morgan fingerprint density at radius 3 is 3.00 bits per heavy atom. The molecule has 0 fully saturated rings. The van der Waals surface area contributed by atoms with Crippen molar-refractivity contribution in [3.05, 3.63) is 29.8 Å². The second kappa shape index (κ2) is 5.63. The summed E-state index contributed by atoms with van der Waals surface area (Å²) < 4.78 is 5.04. The molecule has 19 heavy (non-hydrogen) atoms. The third-order valence-electron chi connectivity index (χ3n) is 2.26. The number of aromatic amines is 1. The number of nitrogen functional groups attached to an aromatic ring is 1. The van der Waals surface area contributed by atoms with Crippen molar-refractivity contribution in [2.45, 2.75) is 0 Å². The number of nitrogens with two attached hydrogens (primary N) is 1. The van der Waals surface area contributed by atoms with E-state index in [9.17, 15) is 4.79 Å². The van der Waals surface area contributed by atoms with Crippen LogP contribution in [-0.4, -0.2) is 33.6 Å². The van der Waals surface area contributed by atoms with Gasteiger partial charge in [-0.25, -0.2) is 0 Å². The number of carbonyl (C=O) groups excluding carboxylic acids is 1. The molecule has 1 heterocycles. The van der Waals surface area contributed by atoms with Crippen molar-refractivity contribution in [3.8, 4) is 5.75 Å². The summed E-state index contributed by atoms with van der Waals surface area (Å²) in [5.74, 6) is 0.341. The van der Waals surface area contributed by atoms with Gasteiger partial charge in [0.1, 0.15) is 5.75 Å². The summed E-state index contributed by atoms with van der Waals surface area (Å²) in [6.07, 6.45) is 2.96. The molecular formula is C11H12N6O2. The van der Waals surface area contributed by atoms with E-state index < -0.39 is 0 Å².